The Morgan fingerprint density at radius 3 is 2.29 bits per heavy atom. The molecule has 13 heteroatoms. The Hall–Kier alpha value is -4.14. The number of nitrogens with zero attached hydrogens (tertiary/aromatic N) is 5. The first-order chi connectivity index (χ1) is 25.5. The molecule has 0 atom stereocenters. The van der Waals surface area contributed by atoms with Crippen LogP contribution in [-0.4, -0.2) is 116 Å². The van der Waals surface area contributed by atoms with Crippen LogP contribution in [0.25, 0.3) is 32.9 Å². The largest absolute Gasteiger partial charge is 0.477 e. The molecule has 4 aliphatic rings. The molecule has 9 rings (SSSR count). The lowest BCUT2D eigenvalue weighted by Gasteiger charge is -2.37. The molecule has 0 unspecified atom stereocenters. The standard InChI is InChI=1S/C30H31N7O3S.C9H18N2/c38-29(27-28(30(39)40)41-26(34-27)17-36-10-12-37(13-11-36)19-4-1-2-5-19)33-24-14-18(15-25-22(24)16-32-35-25)20-6-3-7-23-21(20)8-9-31-23;1-2-4-9(3-1)11-7-5-10-6-8-11/h3,6-9,14-16,19,31H,1-2,4-5,10-13,17H2,(H,32,35)(H,33,38)(H,39,40);9-10H,1-8H2. The second-order valence-electron chi connectivity index (χ2n) is 14.6. The Labute approximate surface area is 308 Å². The van der Waals surface area contributed by atoms with Crippen LogP contribution in [0.2, 0.25) is 0 Å². The van der Waals surface area contributed by atoms with Gasteiger partial charge in [0.2, 0.25) is 0 Å². The van der Waals surface area contributed by atoms with E-state index in [1.54, 1.807) is 6.20 Å². The summed E-state index contributed by atoms with van der Waals surface area (Å²) < 4.78 is 0. The molecule has 2 saturated heterocycles. The van der Waals surface area contributed by atoms with Crippen molar-refractivity contribution < 1.29 is 14.7 Å². The fourth-order valence-electron chi connectivity index (χ4n) is 8.62. The first-order valence-electron chi connectivity index (χ1n) is 19.0. The van der Waals surface area contributed by atoms with Crippen LogP contribution >= 0.6 is 11.3 Å². The number of H-pyrrole nitrogens is 2. The van der Waals surface area contributed by atoms with Crippen molar-refractivity contribution in [3.63, 3.8) is 0 Å². The molecule has 2 aliphatic carbocycles. The van der Waals surface area contributed by atoms with Crippen LogP contribution in [0.1, 0.15) is 76.5 Å². The molecular weight excluding hydrogens is 675 g/mol. The summed E-state index contributed by atoms with van der Waals surface area (Å²) in [5.74, 6) is -1.69. The molecule has 274 valence electrons. The molecule has 2 aliphatic heterocycles. The van der Waals surface area contributed by atoms with E-state index in [4.69, 9.17) is 0 Å². The van der Waals surface area contributed by atoms with Gasteiger partial charge in [0.25, 0.3) is 5.91 Å². The Kier molecular flexibility index (Phi) is 10.6. The van der Waals surface area contributed by atoms with Gasteiger partial charge >= 0.3 is 5.97 Å². The van der Waals surface area contributed by atoms with Crippen LogP contribution in [0.3, 0.4) is 0 Å². The molecule has 0 bridgehead atoms. The lowest BCUT2D eigenvalue weighted by Crippen LogP contribution is -2.49. The van der Waals surface area contributed by atoms with Gasteiger partial charge in [-0.05, 0) is 61.1 Å². The predicted molar refractivity (Wildman–Crippen MR) is 206 cm³/mol. The minimum Gasteiger partial charge on any atom is -0.477 e. The SMILES string of the molecule is C1CCC(N2CCNCC2)C1.O=C(Nc1cc(-c2cccc3[nH]ccc23)cc2[nH]ncc12)c1nc(CN2CCN(C3CCCC3)CC2)sc1C(=O)O. The molecule has 3 aromatic heterocycles. The smallest absolute Gasteiger partial charge is 0.348 e. The normalized spacial score (nSPS) is 19.7. The molecule has 1 amide bonds. The average Bonchev–Trinajstić information content (AvgIpc) is 4.02. The molecule has 5 N–H and O–H groups in total. The van der Waals surface area contributed by atoms with E-state index in [1.807, 2.05) is 42.6 Å². The second kappa shape index (κ2) is 15.8. The topological polar surface area (TPSA) is 146 Å². The van der Waals surface area contributed by atoms with Crippen LogP contribution in [0.15, 0.2) is 48.8 Å². The zero-order chi connectivity index (χ0) is 35.4. The van der Waals surface area contributed by atoms with Crippen molar-refractivity contribution in [3.05, 3.63) is 64.4 Å². The third kappa shape index (κ3) is 7.65. The summed E-state index contributed by atoms with van der Waals surface area (Å²) in [4.78, 5) is 41.0. The maximum absolute atomic E-state index is 13.5. The fraction of sp³-hybridized carbons (Fsp3) is 0.487. The van der Waals surface area contributed by atoms with Gasteiger partial charge in [0, 0.05) is 86.9 Å². The van der Waals surface area contributed by atoms with Gasteiger partial charge in [-0.25, -0.2) is 9.78 Å². The molecule has 5 aromatic rings. The monoisotopic (exact) mass is 723 g/mol. The van der Waals surface area contributed by atoms with E-state index in [0.29, 0.717) is 23.3 Å². The van der Waals surface area contributed by atoms with Crippen molar-refractivity contribution in [1.82, 2.24) is 40.2 Å². The molecule has 4 fully saturated rings. The second-order valence-corrected chi connectivity index (χ2v) is 15.7. The zero-order valence-electron chi connectivity index (χ0n) is 29.7. The summed E-state index contributed by atoms with van der Waals surface area (Å²) in [5.41, 5.74) is 4.16. The van der Waals surface area contributed by atoms with Crippen LogP contribution < -0.4 is 10.6 Å². The predicted octanol–water partition coefficient (Wildman–Crippen LogP) is 6.01. The van der Waals surface area contributed by atoms with Gasteiger partial charge in [-0.15, -0.1) is 11.3 Å². The minimum atomic E-state index is -1.15. The third-order valence-electron chi connectivity index (χ3n) is 11.4. The summed E-state index contributed by atoms with van der Waals surface area (Å²) in [7, 11) is 0. The average molecular weight is 724 g/mol. The summed E-state index contributed by atoms with van der Waals surface area (Å²) in [5, 5.41) is 25.9. The maximum Gasteiger partial charge on any atom is 0.348 e. The number of thiazole rings is 1. The van der Waals surface area contributed by atoms with Crippen molar-refractivity contribution in [3.8, 4) is 11.1 Å². The van der Waals surface area contributed by atoms with Crippen LogP contribution in [0.4, 0.5) is 5.69 Å². The highest BCUT2D eigenvalue weighted by atomic mass is 32.1. The number of aromatic nitrogens is 4. The van der Waals surface area contributed by atoms with Crippen LogP contribution in [0, 0.1) is 0 Å². The van der Waals surface area contributed by atoms with E-state index in [2.05, 4.69) is 45.5 Å². The van der Waals surface area contributed by atoms with Crippen molar-refractivity contribution in [2.45, 2.75) is 70.0 Å². The van der Waals surface area contributed by atoms with Gasteiger partial charge < -0.3 is 20.7 Å². The molecule has 52 heavy (non-hydrogen) atoms. The number of rotatable bonds is 8. The number of anilines is 1. The minimum absolute atomic E-state index is 0.0428. The number of carbonyl (C=O) groups is 2. The summed E-state index contributed by atoms with van der Waals surface area (Å²) >= 11 is 1.09. The van der Waals surface area contributed by atoms with Gasteiger partial charge in [-0.2, -0.15) is 5.10 Å². The molecule has 2 saturated carbocycles. The lowest BCUT2D eigenvalue weighted by molar-refractivity contribution is 0.0697. The zero-order valence-corrected chi connectivity index (χ0v) is 30.5. The highest BCUT2D eigenvalue weighted by Gasteiger charge is 2.29. The van der Waals surface area contributed by atoms with E-state index in [1.165, 1.54) is 77.5 Å². The molecule has 0 radical (unpaired) electrons. The quantitative estimate of drug-likeness (QED) is 0.130. The molecule has 12 nitrogen and oxygen atoms in total. The number of carbonyl (C=O) groups excluding carboxylic acids is 1. The van der Waals surface area contributed by atoms with Crippen LogP contribution in [-0.2, 0) is 6.54 Å². The van der Waals surface area contributed by atoms with E-state index in [9.17, 15) is 14.7 Å². The third-order valence-corrected chi connectivity index (χ3v) is 12.4. The number of aromatic carboxylic acids is 1. The maximum atomic E-state index is 13.5. The van der Waals surface area contributed by atoms with Gasteiger partial charge in [-0.1, -0.05) is 37.8 Å². The Balaban J connectivity index is 0.000000299. The van der Waals surface area contributed by atoms with Gasteiger partial charge in [0.1, 0.15) is 9.88 Å². The van der Waals surface area contributed by atoms with E-state index in [0.717, 1.165) is 76.5 Å². The molecule has 0 spiro atoms. The molecule has 5 heterocycles. The number of carboxylic acids is 1. The van der Waals surface area contributed by atoms with Crippen LogP contribution in [0.5, 0.6) is 0 Å². The number of carboxylic acid groups (broad SMARTS) is 1. The summed E-state index contributed by atoms with van der Waals surface area (Å²) in [6.45, 7) is 9.38. The number of benzene rings is 2. The number of hydrogen-bond acceptors (Lipinski definition) is 9. The number of fused-ring (bicyclic) bond motifs is 2. The summed E-state index contributed by atoms with van der Waals surface area (Å²) in [6.07, 6.45) is 14.6. The lowest BCUT2D eigenvalue weighted by atomic mass is 9.99. The highest BCUT2D eigenvalue weighted by molar-refractivity contribution is 7.13. The van der Waals surface area contributed by atoms with Gasteiger partial charge in [0.15, 0.2) is 5.69 Å². The number of aromatic amines is 2. The van der Waals surface area contributed by atoms with Gasteiger partial charge in [-0.3, -0.25) is 24.6 Å². The van der Waals surface area contributed by atoms with E-state index < -0.39 is 11.9 Å². The molecular formula is C39H49N9O3S. The Morgan fingerprint density at radius 2 is 1.58 bits per heavy atom. The Bertz CT molecular complexity index is 1990. The first-order valence-corrected chi connectivity index (χ1v) is 19.8. The number of piperazine rings is 2. The first kappa shape index (κ1) is 34.9. The van der Waals surface area contributed by atoms with Crippen molar-refractivity contribution >= 4 is 50.7 Å². The molecule has 2 aromatic carbocycles. The van der Waals surface area contributed by atoms with Gasteiger partial charge in [0.05, 0.1) is 23.9 Å². The van der Waals surface area contributed by atoms with Crippen molar-refractivity contribution in [2.24, 2.45) is 0 Å². The van der Waals surface area contributed by atoms with E-state index in [-0.39, 0.29) is 10.6 Å². The number of hydrogen-bond donors (Lipinski definition) is 5. The van der Waals surface area contributed by atoms with Crippen molar-refractivity contribution in [1.29, 1.82) is 0 Å². The van der Waals surface area contributed by atoms with E-state index >= 15 is 0 Å². The summed E-state index contributed by atoms with van der Waals surface area (Å²) in [6, 6.07) is 13.6. The number of amides is 1. The number of nitrogens with one attached hydrogen (secondary N) is 4. The van der Waals surface area contributed by atoms with Crippen molar-refractivity contribution in [2.75, 3.05) is 57.7 Å². The highest BCUT2D eigenvalue weighted by Crippen LogP contribution is 2.35. The fourth-order valence-corrected chi connectivity index (χ4v) is 9.57. The Morgan fingerprint density at radius 1 is 0.865 bits per heavy atom.